The number of anilines is 1. The molecule has 6 aromatic rings. The topological polar surface area (TPSA) is 6.25 Å². The number of rotatable bonds is 11. The van der Waals surface area contributed by atoms with Crippen LogP contribution in [0, 0.1) is 0 Å². The molecule has 1 aliphatic rings. The summed E-state index contributed by atoms with van der Waals surface area (Å²) < 4.78 is 46.0. The lowest BCUT2D eigenvalue weighted by atomic mass is 9.88. The Morgan fingerprint density at radius 3 is 1.38 bits per heavy atom. The van der Waals surface area contributed by atoms with Crippen LogP contribution in [0.3, 0.4) is 0 Å². The second-order valence-corrected chi connectivity index (χ2v) is 13.2. The van der Waals surface area contributed by atoms with E-state index in [9.17, 15) is 13.2 Å². The summed E-state index contributed by atoms with van der Waals surface area (Å²) in [6.07, 6.45) is 3.42. The fraction of sp³-hybridized carbons (Fsp3) is 0.104. The fourth-order valence-corrected chi connectivity index (χ4v) is 6.80. The van der Waals surface area contributed by atoms with Crippen LogP contribution in [0.1, 0.15) is 38.9 Å². The molecule has 7 rings (SSSR count). The number of nitrogens with zero attached hydrogens (tertiary/aromatic N) is 2. The summed E-state index contributed by atoms with van der Waals surface area (Å²) in [6, 6.07) is 55.0. The fourth-order valence-electron chi connectivity index (χ4n) is 6.80. The van der Waals surface area contributed by atoms with Gasteiger partial charge in [0.15, 0.2) is 13.1 Å². The number of benzene rings is 6. The van der Waals surface area contributed by atoms with E-state index in [0.29, 0.717) is 42.9 Å². The largest absolute Gasteiger partial charge is 0.417 e. The zero-order chi connectivity index (χ0) is 36.5. The van der Waals surface area contributed by atoms with Gasteiger partial charge in [-0.25, -0.2) is 4.58 Å². The molecule has 2 nitrogen and oxygen atoms in total. The molecule has 1 aliphatic carbocycles. The Morgan fingerprint density at radius 2 is 0.906 bits per heavy atom. The highest BCUT2D eigenvalue weighted by atomic mass is 19.4. The van der Waals surface area contributed by atoms with Crippen molar-refractivity contribution in [2.75, 3.05) is 4.90 Å². The molecule has 0 saturated heterocycles. The summed E-state index contributed by atoms with van der Waals surface area (Å²) in [6.45, 7) is 2.75. The highest BCUT2D eigenvalue weighted by molar-refractivity contribution is 6.04. The molecule has 0 fully saturated rings. The number of hydrogen-bond acceptors (Lipinski definition) is 1. The minimum Gasteiger partial charge on any atom is -0.363 e. The molecule has 0 N–H and O–H groups in total. The van der Waals surface area contributed by atoms with Crippen molar-refractivity contribution in [3.8, 4) is 0 Å². The quantitative estimate of drug-likeness (QED) is 0.122. The molecule has 0 radical (unpaired) electrons. The first-order valence-electron chi connectivity index (χ1n) is 17.8. The molecule has 0 bridgehead atoms. The standard InChI is InChI=1S/C48H40F3N2/c49-48(50,51)46-24-14-13-23-45(46)47(41-25-29-43(30-26-41)52(33-37-15-5-1-6-16-37)34-38-17-7-2-8-18-38)42-27-31-44(32-28-42)53(35-39-19-9-3-10-20-39)36-40-21-11-4-12-22-40/h1-32H,33-36H2/q+1. The summed E-state index contributed by atoms with van der Waals surface area (Å²) in [5.74, 6) is 0. The highest BCUT2D eigenvalue weighted by Gasteiger charge is 2.34. The van der Waals surface area contributed by atoms with Crippen molar-refractivity contribution >= 4 is 17.0 Å². The summed E-state index contributed by atoms with van der Waals surface area (Å²) in [5, 5.41) is 0. The molecule has 0 atom stereocenters. The van der Waals surface area contributed by atoms with E-state index in [0.717, 1.165) is 11.4 Å². The molecule has 6 aromatic carbocycles. The van der Waals surface area contributed by atoms with Crippen LogP contribution in [-0.2, 0) is 32.4 Å². The predicted molar refractivity (Wildman–Crippen MR) is 211 cm³/mol. The maximum Gasteiger partial charge on any atom is 0.417 e. The average molecular weight is 702 g/mol. The first-order chi connectivity index (χ1) is 25.9. The molecule has 53 heavy (non-hydrogen) atoms. The van der Waals surface area contributed by atoms with Crippen molar-refractivity contribution in [1.82, 2.24) is 0 Å². The van der Waals surface area contributed by atoms with Crippen LogP contribution in [-0.4, -0.2) is 10.3 Å². The average Bonchev–Trinajstić information content (AvgIpc) is 3.19. The SMILES string of the molecule is FC(F)(F)c1ccccc1C(=C1C=CC(=[N+](Cc2ccccc2)Cc2ccccc2)C=C1)c1ccc(N(Cc2ccccc2)Cc2ccccc2)cc1. The van der Waals surface area contributed by atoms with Gasteiger partial charge in [-0.1, -0.05) is 152 Å². The van der Waals surface area contributed by atoms with Crippen LogP contribution in [0.2, 0.25) is 0 Å². The van der Waals surface area contributed by atoms with Crippen LogP contribution in [0.5, 0.6) is 0 Å². The van der Waals surface area contributed by atoms with E-state index >= 15 is 0 Å². The maximum absolute atomic E-state index is 14.6. The van der Waals surface area contributed by atoms with E-state index in [1.807, 2.05) is 121 Å². The van der Waals surface area contributed by atoms with Crippen molar-refractivity contribution in [3.63, 3.8) is 0 Å². The highest BCUT2D eigenvalue weighted by Crippen LogP contribution is 2.40. The van der Waals surface area contributed by atoms with E-state index in [1.54, 1.807) is 12.1 Å². The molecule has 262 valence electrons. The van der Waals surface area contributed by atoms with Gasteiger partial charge in [0.05, 0.1) is 5.56 Å². The second-order valence-electron chi connectivity index (χ2n) is 13.2. The molecule has 0 heterocycles. The maximum atomic E-state index is 14.6. The van der Waals surface area contributed by atoms with E-state index in [1.165, 1.54) is 34.4 Å². The summed E-state index contributed by atoms with van der Waals surface area (Å²) in [7, 11) is 0. The normalized spacial score (nSPS) is 12.5. The summed E-state index contributed by atoms with van der Waals surface area (Å²) >= 11 is 0. The summed E-state index contributed by atoms with van der Waals surface area (Å²) in [4.78, 5) is 2.29. The first kappa shape index (κ1) is 35.2. The predicted octanol–water partition coefficient (Wildman–Crippen LogP) is 11.7. The molecule has 0 aliphatic heterocycles. The lowest BCUT2D eigenvalue weighted by molar-refractivity contribution is -0.558. The van der Waals surface area contributed by atoms with Gasteiger partial charge in [-0.3, -0.25) is 0 Å². The van der Waals surface area contributed by atoms with Gasteiger partial charge in [0.1, 0.15) is 0 Å². The van der Waals surface area contributed by atoms with Crippen molar-refractivity contribution in [2.45, 2.75) is 32.4 Å². The minimum absolute atomic E-state index is 0.149. The molecular weight excluding hydrogens is 662 g/mol. The van der Waals surface area contributed by atoms with Crippen molar-refractivity contribution in [1.29, 1.82) is 0 Å². The lowest BCUT2D eigenvalue weighted by Crippen LogP contribution is -2.22. The van der Waals surface area contributed by atoms with E-state index < -0.39 is 11.7 Å². The minimum atomic E-state index is -4.52. The third-order valence-electron chi connectivity index (χ3n) is 9.41. The van der Waals surface area contributed by atoms with Crippen LogP contribution >= 0.6 is 0 Å². The molecule has 0 amide bonds. The van der Waals surface area contributed by atoms with Crippen molar-refractivity contribution in [2.24, 2.45) is 0 Å². The summed E-state index contributed by atoms with van der Waals surface area (Å²) in [5.41, 5.74) is 8.11. The van der Waals surface area contributed by atoms with Gasteiger partial charge in [0.2, 0.25) is 5.71 Å². The van der Waals surface area contributed by atoms with Crippen LogP contribution in [0.25, 0.3) is 5.57 Å². The van der Waals surface area contributed by atoms with Crippen molar-refractivity contribution in [3.05, 3.63) is 239 Å². The van der Waals surface area contributed by atoms with Gasteiger partial charge in [0, 0.05) is 42.1 Å². The molecule has 0 unspecified atom stereocenters. The van der Waals surface area contributed by atoms with Crippen LogP contribution in [0.15, 0.2) is 200 Å². The first-order valence-corrected chi connectivity index (χ1v) is 17.8. The van der Waals surface area contributed by atoms with Gasteiger partial charge in [0.25, 0.3) is 0 Å². The van der Waals surface area contributed by atoms with Gasteiger partial charge in [-0.15, -0.1) is 0 Å². The molecule has 5 heteroatoms. The van der Waals surface area contributed by atoms with Crippen LogP contribution < -0.4 is 4.90 Å². The lowest BCUT2D eigenvalue weighted by Gasteiger charge is -2.26. The Bertz CT molecular complexity index is 2130. The monoisotopic (exact) mass is 701 g/mol. The molecule has 0 saturated carbocycles. The second kappa shape index (κ2) is 16.4. The Labute approximate surface area is 309 Å². The van der Waals surface area contributed by atoms with Gasteiger partial charge in [-0.2, -0.15) is 13.2 Å². The molecular formula is C48H40F3N2+. The molecule has 0 aromatic heterocycles. The van der Waals surface area contributed by atoms with E-state index in [4.69, 9.17) is 0 Å². The number of alkyl halides is 3. The third kappa shape index (κ3) is 9.00. The van der Waals surface area contributed by atoms with Gasteiger partial charge in [-0.05, 0) is 63.8 Å². The zero-order valence-electron chi connectivity index (χ0n) is 29.3. The van der Waals surface area contributed by atoms with Gasteiger partial charge >= 0.3 is 6.18 Å². The zero-order valence-corrected chi connectivity index (χ0v) is 29.3. The third-order valence-corrected chi connectivity index (χ3v) is 9.41. The number of halogens is 3. The Balaban J connectivity index is 1.29. The Kier molecular flexibility index (Phi) is 10.9. The smallest absolute Gasteiger partial charge is 0.363 e. The Morgan fingerprint density at radius 1 is 0.472 bits per heavy atom. The molecule has 0 spiro atoms. The van der Waals surface area contributed by atoms with E-state index in [2.05, 4.69) is 58.0 Å². The van der Waals surface area contributed by atoms with Crippen LogP contribution in [0.4, 0.5) is 18.9 Å². The Hall–Kier alpha value is -6.20. The van der Waals surface area contributed by atoms with Crippen molar-refractivity contribution < 1.29 is 17.7 Å². The number of hydrogen-bond donors (Lipinski definition) is 0. The van der Waals surface area contributed by atoms with Gasteiger partial charge < -0.3 is 4.90 Å². The number of allylic oxidation sites excluding steroid dienone is 5. The van der Waals surface area contributed by atoms with E-state index in [-0.39, 0.29) is 5.56 Å².